The van der Waals surface area contributed by atoms with Crippen LogP contribution in [0.15, 0.2) is 42.5 Å². The van der Waals surface area contributed by atoms with E-state index in [0.29, 0.717) is 11.0 Å². The Kier molecular flexibility index (Phi) is 6.64. The zero-order chi connectivity index (χ0) is 17.7. The Balaban J connectivity index is 2.06. The van der Waals surface area contributed by atoms with Crippen molar-refractivity contribution in [3.63, 3.8) is 0 Å². The van der Waals surface area contributed by atoms with Gasteiger partial charge in [0.05, 0.1) is 6.04 Å². The third kappa shape index (κ3) is 4.71. The van der Waals surface area contributed by atoms with Gasteiger partial charge in [0, 0.05) is 10.7 Å². The van der Waals surface area contributed by atoms with Gasteiger partial charge in [-0.25, -0.2) is 0 Å². The molecule has 2 aromatic carbocycles. The molecular formula is C20H25ClN2S. The van der Waals surface area contributed by atoms with E-state index in [1.807, 2.05) is 25.1 Å². The Bertz CT molecular complexity index is 695. The molecule has 0 amide bonds. The Morgan fingerprint density at radius 3 is 2.29 bits per heavy atom. The standard InChI is InChI=1S/C20H25ClN2S/c1-5-18(16-11-9-15(10-12-16)13(2)3)22-20(24)23-19-8-6-7-17(21)14(19)4/h6-13,18H,5H2,1-4H3,(H2,22,23,24). The third-order valence-corrected chi connectivity index (χ3v) is 4.86. The smallest absolute Gasteiger partial charge is 0.171 e. The lowest BCUT2D eigenvalue weighted by Crippen LogP contribution is -2.32. The SMILES string of the molecule is CCC(NC(=S)Nc1cccc(Cl)c1C)c1ccc(C(C)C)cc1. The summed E-state index contributed by atoms with van der Waals surface area (Å²) in [6.45, 7) is 8.55. The van der Waals surface area contributed by atoms with Gasteiger partial charge in [0.2, 0.25) is 0 Å². The number of halogens is 1. The maximum atomic E-state index is 6.16. The second-order valence-corrected chi connectivity index (χ2v) is 7.11. The zero-order valence-electron chi connectivity index (χ0n) is 14.7. The lowest BCUT2D eigenvalue weighted by Gasteiger charge is -2.21. The van der Waals surface area contributed by atoms with E-state index in [-0.39, 0.29) is 6.04 Å². The number of hydrogen-bond acceptors (Lipinski definition) is 1. The highest BCUT2D eigenvalue weighted by atomic mass is 35.5. The van der Waals surface area contributed by atoms with Crippen LogP contribution < -0.4 is 10.6 Å². The van der Waals surface area contributed by atoms with Crippen molar-refractivity contribution in [1.29, 1.82) is 0 Å². The Hall–Kier alpha value is -1.58. The largest absolute Gasteiger partial charge is 0.356 e. The number of anilines is 1. The molecule has 0 aliphatic rings. The summed E-state index contributed by atoms with van der Waals surface area (Å²) in [5.41, 5.74) is 4.53. The molecular weight excluding hydrogens is 336 g/mol. The Morgan fingerprint density at radius 1 is 1.08 bits per heavy atom. The first-order valence-corrected chi connectivity index (χ1v) is 9.13. The van der Waals surface area contributed by atoms with Crippen molar-refractivity contribution < 1.29 is 0 Å². The maximum Gasteiger partial charge on any atom is 0.171 e. The summed E-state index contributed by atoms with van der Waals surface area (Å²) in [6, 6.07) is 14.7. The molecule has 2 rings (SSSR count). The molecule has 1 atom stereocenters. The van der Waals surface area contributed by atoms with E-state index < -0.39 is 0 Å². The molecule has 0 bridgehead atoms. The van der Waals surface area contributed by atoms with Gasteiger partial charge in [-0.2, -0.15) is 0 Å². The minimum atomic E-state index is 0.186. The number of rotatable bonds is 5. The van der Waals surface area contributed by atoms with Crippen LogP contribution in [0, 0.1) is 6.92 Å². The summed E-state index contributed by atoms with van der Waals surface area (Å²) in [6.07, 6.45) is 0.956. The second kappa shape index (κ2) is 8.50. The summed E-state index contributed by atoms with van der Waals surface area (Å²) < 4.78 is 0. The van der Waals surface area contributed by atoms with Crippen molar-refractivity contribution in [3.05, 3.63) is 64.2 Å². The minimum Gasteiger partial charge on any atom is -0.356 e. The number of hydrogen-bond donors (Lipinski definition) is 2. The molecule has 0 aliphatic carbocycles. The van der Waals surface area contributed by atoms with Gasteiger partial charge in [-0.3, -0.25) is 0 Å². The molecule has 2 aromatic rings. The summed E-state index contributed by atoms with van der Waals surface area (Å²) in [5.74, 6) is 0.542. The van der Waals surface area contributed by atoms with Gasteiger partial charge in [-0.1, -0.05) is 62.7 Å². The van der Waals surface area contributed by atoms with Crippen LogP contribution in [0.5, 0.6) is 0 Å². The van der Waals surface area contributed by atoms with Crippen LogP contribution in [0.3, 0.4) is 0 Å². The van der Waals surface area contributed by atoms with E-state index in [2.05, 4.69) is 55.7 Å². The van der Waals surface area contributed by atoms with Crippen LogP contribution in [0.25, 0.3) is 0 Å². The molecule has 0 heterocycles. The molecule has 0 radical (unpaired) electrons. The van der Waals surface area contributed by atoms with Crippen molar-refractivity contribution in [2.24, 2.45) is 0 Å². The molecule has 4 heteroatoms. The molecule has 0 fully saturated rings. The average molecular weight is 361 g/mol. The molecule has 128 valence electrons. The lowest BCUT2D eigenvalue weighted by molar-refractivity contribution is 0.628. The highest BCUT2D eigenvalue weighted by Crippen LogP contribution is 2.24. The monoisotopic (exact) mass is 360 g/mol. The van der Waals surface area contributed by atoms with Gasteiger partial charge in [0.15, 0.2) is 5.11 Å². The fourth-order valence-corrected chi connectivity index (χ4v) is 3.02. The van der Waals surface area contributed by atoms with Crippen molar-refractivity contribution in [2.75, 3.05) is 5.32 Å². The van der Waals surface area contributed by atoms with Crippen molar-refractivity contribution in [2.45, 2.75) is 46.1 Å². The topological polar surface area (TPSA) is 24.1 Å². The highest BCUT2D eigenvalue weighted by Gasteiger charge is 2.12. The number of benzene rings is 2. The quantitative estimate of drug-likeness (QED) is 0.620. The molecule has 0 spiro atoms. The predicted molar refractivity (Wildman–Crippen MR) is 109 cm³/mol. The van der Waals surface area contributed by atoms with Crippen LogP contribution in [0.2, 0.25) is 5.02 Å². The minimum absolute atomic E-state index is 0.186. The van der Waals surface area contributed by atoms with E-state index >= 15 is 0 Å². The van der Waals surface area contributed by atoms with Gasteiger partial charge >= 0.3 is 0 Å². The zero-order valence-corrected chi connectivity index (χ0v) is 16.3. The van der Waals surface area contributed by atoms with Crippen LogP contribution in [-0.2, 0) is 0 Å². The van der Waals surface area contributed by atoms with Crippen LogP contribution >= 0.6 is 23.8 Å². The molecule has 2 N–H and O–H groups in total. The second-order valence-electron chi connectivity index (χ2n) is 6.29. The fourth-order valence-electron chi connectivity index (χ4n) is 2.59. The van der Waals surface area contributed by atoms with Gasteiger partial charge in [-0.05, 0) is 60.3 Å². The molecule has 24 heavy (non-hydrogen) atoms. The van der Waals surface area contributed by atoms with E-state index in [1.54, 1.807) is 0 Å². The van der Waals surface area contributed by atoms with Gasteiger partial charge in [0.25, 0.3) is 0 Å². The van der Waals surface area contributed by atoms with Crippen molar-refractivity contribution in [3.8, 4) is 0 Å². The van der Waals surface area contributed by atoms with Crippen LogP contribution in [0.4, 0.5) is 5.69 Å². The fraction of sp³-hybridized carbons (Fsp3) is 0.350. The predicted octanol–water partition coefficient (Wildman–Crippen LogP) is 6.21. The molecule has 0 aliphatic heterocycles. The summed E-state index contributed by atoms with van der Waals surface area (Å²) in [5, 5.41) is 8.00. The van der Waals surface area contributed by atoms with Crippen molar-refractivity contribution in [1.82, 2.24) is 5.32 Å². The number of thiocarbonyl (C=S) groups is 1. The average Bonchev–Trinajstić information content (AvgIpc) is 2.57. The Labute approximate surface area is 155 Å². The number of nitrogens with one attached hydrogen (secondary N) is 2. The maximum absolute atomic E-state index is 6.16. The van der Waals surface area contributed by atoms with E-state index in [0.717, 1.165) is 22.7 Å². The summed E-state index contributed by atoms with van der Waals surface area (Å²) >= 11 is 11.6. The van der Waals surface area contributed by atoms with Gasteiger partial charge in [-0.15, -0.1) is 0 Å². The molecule has 0 aromatic heterocycles. The lowest BCUT2D eigenvalue weighted by atomic mass is 9.98. The summed E-state index contributed by atoms with van der Waals surface area (Å²) in [4.78, 5) is 0. The van der Waals surface area contributed by atoms with E-state index in [1.165, 1.54) is 11.1 Å². The van der Waals surface area contributed by atoms with Gasteiger partial charge in [0.1, 0.15) is 0 Å². The third-order valence-electron chi connectivity index (χ3n) is 4.23. The van der Waals surface area contributed by atoms with Crippen LogP contribution in [0.1, 0.15) is 55.8 Å². The molecule has 0 saturated heterocycles. The first-order valence-electron chi connectivity index (χ1n) is 8.34. The normalized spacial score (nSPS) is 12.1. The van der Waals surface area contributed by atoms with E-state index in [9.17, 15) is 0 Å². The molecule has 1 unspecified atom stereocenters. The first kappa shape index (κ1) is 18.8. The summed E-state index contributed by atoms with van der Waals surface area (Å²) in [7, 11) is 0. The van der Waals surface area contributed by atoms with Crippen molar-refractivity contribution >= 4 is 34.6 Å². The first-order chi connectivity index (χ1) is 11.4. The molecule has 0 saturated carbocycles. The highest BCUT2D eigenvalue weighted by molar-refractivity contribution is 7.80. The van der Waals surface area contributed by atoms with Crippen LogP contribution in [-0.4, -0.2) is 5.11 Å². The van der Waals surface area contributed by atoms with E-state index in [4.69, 9.17) is 23.8 Å². The molecule has 2 nitrogen and oxygen atoms in total. The van der Waals surface area contributed by atoms with Gasteiger partial charge < -0.3 is 10.6 Å². The Morgan fingerprint density at radius 2 is 1.71 bits per heavy atom.